The minimum absolute atomic E-state index is 0.0484. The van der Waals surface area contributed by atoms with Gasteiger partial charge in [-0.05, 0) is 18.2 Å². The second-order valence-electron chi connectivity index (χ2n) is 3.27. The number of benzene rings is 1. The average molecular weight is 284 g/mol. The van der Waals surface area contributed by atoms with Crippen molar-refractivity contribution in [3.63, 3.8) is 0 Å². The van der Waals surface area contributed by atoms with Crippen LogP contribution in [-0.2, 0) is 10.0 Å². The van der Waals surface area contributed by atoms with Crippen molar-refractivity contribution in [3.05, 3.63) is 41.2 Å². The highest BCUT2D eigenvalue weighted by Crippen LogP contribution is 2.22. The number of hydrogen-bond donors (Lipinski definition) is 1. The number of aromatic nitrogens is 1. The molecule has 92 valence electrons. The van der Waals surface area contributed by atoms with Crippen molar-refractivity contribution in [1.82, 2.24) is 5.16 Å². The van der Waals surface area contributed by atoms with Gasteiger partial charge in [0.2, 0.25) is 0 Å². The van der Waals surface area contributed by atoms with Crippen molar-refractivity contribution in [2.45, 2.75) is 4.90 Å². The number of nitrogens with zero attached hydrogens (tertiary/aromatic N) is 2. The molecule has 0 aliphatic rings. The summed E-state index contributed by atoms with van der Waals surface area (Å²) in [7, 11) is -3.77. The molecule has 1 aromatic heterocycles. The highest BCUT2D eigenvalue weighted by molar-refractivity contribution is 7.92. The van der Waals surface area contributed by atoms with Crippen LogP contribution in [0.3, 0.4) is 0 Å². The number of nitriles is 1. The van der Waals surface area contributed by atoms with Crippen LogP contribution in [0.15, 0.2) is 40.1 Å². The SMILES string of the molecule is N#Cc1ccc(S(=O)(=O)Nc2cnoc2)cc1Cl. The number of halogens is 1. The number of hydrogen-bond acceptors (Lipinski definition) is 5. The van der Waals surface area contributed by atoms with Crippen LogP contribution in [0.1, 0.15) is 5.56 Å². The Labute approximate surface area is 108 Å². The molecule has 0 atom stereocenters. The van der Waals surface area contributed by atoms with E-state index in [2.05, 4.69) is 14.4 Å². The second kappa shape index (κ2) is 4.68. The molecule has 0 spiro atoms. The van der Waals surface area contributed by atoms with Crippen LogP contribution < -0.4 is 4.72 Å². The summed E-state index contributed by atoms with van der Waals surface area (Å²) in [5, 5.41) is 12.1. The van der Waals surface area contributed by atoms with Crippen LogP contribution in [0.4, 0.5) is 5.69 Å². The maximum absolute atomic E-state index is 11.9. The molecule has 0 fully saturated rings. The van der Waals surface area contributed by atoms with Gasteiger partial charge in [-0.25, -0.2) is 8.42 Å². The molecule has 0 amide bonds. The summed E-state index contributed by atoms with van der Waals surface area (Å²) >= 11 is 5.77. The lowest BCUT2D eigenvalue weighted by Gasteiger charge is -2.06. The highest BCUT2D eigenvalue weighted by atomic mass is 35.5. The van der Waals surface area contributed by atoms with Gasteiger partial charge in [-0.2, -0.15) is 5.26 Å². The Morgan fingerprint density at radius 3 is 2.78 bits per heavy atom. The van der Waals surface area contributed by atoms with E-state index in [0.717, 1.165) is 6.26 Å². The third-order valence-corrected chi connectivity index (χ3v) is 3.75. The molecule has 6 nitrogen and oxygen atoms in total. The molecule has 1 N–H and O–H groups in total. The van der Waals surface area contributed by atoms with Crippen LogP contribution >= 0.6 is 11.6 Å². The smallest absolute Gasteiger partial charge is 0.262 e. The second-order valence-corrected chi connectivity index (χ2v) is 5.36. The van der Waals surface area contributed by atoms with E-state index in [1.165, 1.54) is 24.4 Å². The summed E-state index contributed by atoms with van der Waals surface area (Å²) in [5.41, 5.74) is 0.413. The van der Waals surface area contributed by atoms with Crippen molar-refractivity contribution in [1.29, 1.82) is 5.26 Å². The Morgan fingerprint density at radius 1 is 1.44 bits per heavy atom. The van der Waals surface area contributed by atoms with Crippen LogP contribution in [0.2, 0.25) is 5.02 Å². The van der Waals surface area contributed by atoms with Gasteiger partial charge >= 0.3 is 0 Å². The third-order valence-electron chi connectivity index (χ3n) is 2.06. The first-order chi connectivity index (χ1) is 8.53. The molecule has 0 aliphatic carbocycles. The van der Waals surface area contributed by atoms with Crippen LogP contribution in [0.25, 0.3) is 0 Å². The van der Waals surface area contributed by atoms with Gasteiger partial charge in [0.1, 0.15) is 18.0 Å². The Balaban J connectivity index is 2.36. The summed E-state index contributed by atoms with van der Waals surface area (Å²) in [6, 6.07) is 5.68. The predicted molar refractivity (Wildman–Crippen MR) is 63.5 cm³/mol. The molecule has 0 saturated carbocycles. The van der Waals surface area contributed by atoms with Gasteiger partial charge in [-0.15, -0.1) is 0 Å². The average Bonchev–Trinajstić information content (AvgIpc) is 2.81. The van der Waals surface area contributed by atoms with E-state index in [9.17, 15) is 8.42 Å². The van der Waals surface area contributed by atoms with Gasteiger partial charge < -0.3 is 4.52 Å². The summed E-state index contributed by atoms with van der Waals surface area (Å²) in [4.78, 5) is -0.0484. The fourth-order valence-corrected chi connectivity index (χ4v) is 2.56. The Hall–Kier alpha value is -2.04. The number of rotatable bonds is 3. The Bertz CT molecular complexity index is 704. The molecular formula is C10H6ClN3O3S. The largest absolute Gasteiger partial charge is 0.362 e. The van der Waals surface area contributed by atoms with Gasteiger partial charge in [0, 0.05) is 0 Å². The lowest BCUT2D eigenvalue weighted by Crippen LogP contribution is -2.12. The van der Waals surface area contributed by atoms with Crippen molar-refractivity contribution in [3.8, 4) is 6.07 Å². The first kappa shape index (κ1) is 12.4. The van der Waals surface area contributed by atoms with Crippen LogP contribution in [0, 0.1) is 11.3 Å². The van der Waals surface area contributed by atoms with Crippen molar-refractivity contribution in [2.24, 2.45) is 0 Å². The fourth-order valence-electron chi connectivity index (χ4n) is 1.22. The van der Waals surface area contributed by atoms with Crippen molar-refractivity contribution >= 4 is 27.3 Å². The number of sulfonamides is 1. The van der Waals surface area contributed by atoms with Crippen LogP contribution in [0.5, 0.6) is 0 Å². The van der Waals surface area contributed by atoms with Crippen molar-refractivity contribution < 1.29 is 12.9 Å². The van der Waals surface area contributed by atoms with Crippen molar-refractivity contribution in [2.75, 3.05) is 4.72 Å². The molecule has 2 rings (SSSR count). The van der Waals surface area contributed by atoms with Crippen LogP contribution in [-0.4, -0.2) is 13.6 Å². The zero-order valence-electron chi connectivity index (χ0n) is 8.79. The zero-order valence-corrected chi connectivity index (χ0v) is 10.4. The molecule has 8 heteroatoms. The topological polar surface area (TPSA) is 96.0 Å². The summed E-state index contributed by atoms with van der Waals surface area (Å²) in [5.74, 6) is 0. The van der Waals surface area contributed by atoms with E-state index in [4.69, 9.17) is 16.9 Å². The first-order valence-corrected chi connectivity index (χ1v) is 6.51. The molecule has 0 saturated heterocycles. The Kier molecular flexibility index (Phi) is 3.23. The van der Waals surface area contributed by atoms with E-state index in [1.807, 2.05) is 6.07 Å². The summed E-state index contributed by atoms with van der Waals surface area (Å²) < 4.78 is 30.6. The monoisotopic (exact) mass is 283 g/mol. The van der Waals surface area contributed by atoms with E-state index in [0.29, 0.717) is 0 Å². The Morgan fingerprint density at radius 2 is 2.22 bits per heavy atom. The predicted octanol–water partition coefficient (Wildman–Crippen LogP) is 2.00. The van der Waals surface area contributed by atoms with Gasteiger partial charge in [-0.3, -0.25) is 4.72 Å². The molecule has 0 unspecified atom stereocenters. The molecule has 0 bridgehead atoms. The number of nitrogens with one attached hydrogen (secondary N) is 1. The normalized spacial score (nSPS) is 10.9. The molecule has 2 aromatic rings. The standard InChI is InChI=1S/C10H6ClN3O3S/c11-10-3-9(2-1-7(10)4-12)18(15,16)14-8-5-13-17-6-8/h1-3,5-6,14H. The van der Waals surface area contributed by atoms with Gasteiger partial charge in [-0.1, -0.05) is 16.8 Å². The molecule has 0 aliphatic heterocycles. The highest BCUT2D eigenvalue weighted by Gasteiger charge is 2.16. The molecule has 18 heavy (non-hydrogen) atoms. The third kappa shape index (κ3) is 2.45. The molecule has 1 heterocycles. The van der Waals surface area contributed by atoms with E-state index in [1.54, 1.807) is 0 Å². The van der Waals surface area contributed by atoms with Gasteiger partial charge in [0.15, 0.2) is 0 Å². The maximum atomic E-state index is 11.9. The van der Waals surface area contributed by atoms with E-state index in [-0.39, 0.29) is 21.2 Å². The molecule has 0 radical (unpaired) electrons. The van der Waals surface area contributed by atoms with E-state index >= 15 is 0 Å². The number of anilines is 1. The molecular weight excluding hydrogens is 278 g/mol. The first-order valence-electron chi connectivity index (χ1n) is 4.65. The zero-order chi connectivity index (χ0) is 13.2. The fraction of sp³-hybridized carbons (Fsp3) is 0. The van der Waals surface area contributed by atoms with Gasteiger partial charge in [0.25, 0.3) is 10.0 Å². The maximum Gasteiger partial charge on any atom is 0.262 e. The molecule has 1 aromatic carbocycles. The van der Waals surface area contributed by atoms with E-state index < -0.39 is 10.0 Å². The quantitative estimate of drug-likeness (QED) is 0.929. The minimum Gasteiger partial charge on any atom is -0.362 e. The summed E-state index contributed by atoms with van der Waals surface area (Å²) in [6.45, 7) is 0. The minimum atomic E-state index is -3.77. The van der Waals surface area contributed by atoms with Gasteiger partial charge in [0.05, 0.1) is 21.7 Å². The lowest BCUT2D eigenvalue weighted by molar-refractivity contribution is 0.420. The summed E-state index contributed by atoms with van der Waals surface area (Å²) in [6.07, 6.45) is 2.38. The lowest BCUT2D eigenvalue weighted by atomic mass is 10.2.